The van der Waals surface area contributed by atoms with E-state index < -0.39 is 23.4 Å². The van der Waals surface area contributed by atoms with Crippen molar-refractivity contribution in [2.24, 2.45) is 5.92 Å². The van der Waals surface area contributed by atoms with Crippen molar-refractivity contribution >= 4 is 11.7 Å². The third-order valence-electron chi connectivity index (χ3n) is 3.04. The molecule has 7 nitrogen and oxygen atoms in total. The van der Waals surface area contributed by atoms with Gasteiger partial charge in [0.2, 0.25) is 0 Å². The number of anilines is 1. The van der Waals surface area contributed by atoms with Gasteiger partial charge < -0.3 is 29.4 Å². The third-order valence-corrected chi connectivity index (χ3v) is 3.04. The Labute approximate surface area is 157 Å². The van der Waals surface area contributed by atoms with Crippen LogP contribution in [0.2, 0.25) is 0 Å². The van der Waals surface area contributed by atoms with Gasteiger partial charge in [-0.15, -0.1) is 0 Å². The lowest BCUT2D eigenvalue weighted by Gasteiger charge is -2.10. The van der Waals surface area contributed by atoms with Crippen LogP contribution >= 0.6 is 0 Å². The standard InChI is InChI=1S/C18H27F2NO6/c1-13(2)11-27-17(22)12-25-6-5-23-3-4-24-7-8-26-18-15(19)9-14(21)10-16(18)20/h9-10,13H,3-8,11-12,21H2,1-2H3. The SMILES string of the molecule is CC(C)COC(=O)COCCOCCOCCOc1c(F)cc(N)cc1F. The molecule has 0 bridgehead atoms. The van der Waals surface area contributed by atoms with Crippen LogP contribution in [0.3, 0.4) is 0 Å². The van der Waals surface area contributed by atoms with Crippen molar-refractivity contribution in [3.05, 3.63) is 23.8 Å². The minimum atomic E-state index is -0.857. The van der Waals surface area contributed by atoms with Gasteiger partial charge in [0.25, 0.3) is 0 Å². The summed E-state index contributed by atoms with van der Waals surface area (Å²) in [5, 5.41) is 0. The van der Waals surface area contributed by atoms with E-state index in [0.717, 1.165) is 12.1 Å². The van der Waals surface area contributed by atoms with Crippen molar-refractivity contribution < 1.29 is 37.3 Å². The first-order chi connectivity index (χ1) is 12.9. The molecule has 0 aliphatic heterocycles. The normalized spacial score (nSPS) is 11.0. The van der Waals surface area contributed by atoms with Gasteiger partial charge >= 0.3 is 5.97 Å². The lowest BCUT2D eigenvalue weighted by Crippen LogP contribution is -2.18. The number of esters is 1. The highest BCUT2D eigenvalue weighted by atomic mass is 19.1. The lowest BCUT2D eigenvalue weighted by molar-refractivity contribution is -0.150. The monoisotopic (exact) mass is 391 g/mol. The molecule has 0 aliphatic rings. The van der Waals surface area contributed by atoms with Crippen LogP contribution in [-0.4, -0.2) is 58.8 Å². The lowest BCUT2D eigenvalue weighted by atomic mass is 10.2. The molecule has 0 radical (unpaired) electrons. The molecule has 0 amide bonds. The Balaban J connectivity index is 1.94. The van der Waals surface area contributed by atoms with E-state index in [-0.39, 0.29) is 44.6 Å². The van der Waals surface area contributed by atoms with Crippen LogP contribution in [0.5, 0.6) is 5.75 Å². The van der Waals surface area contributed by atoms with Crippen molar-refractivity contribution in [3.63, 3.8) is 0 Å². The molecule has 154 valence electrons. The van der Waals surface area contributed by atoms with Crippen LogP contribution in [0.4, 0.5) is 14.5 Å². The highest BCUT2D eigenvalue weighted by molar-refractivity contribution is 5.70. The molecule has 1 aromatic carbocycles. The maximum absolute atomic E-state index is 13.5. The Morgan fingerprint density at radius 2 is 1.48 bits per heavy atom. The van der Waals surface area contributed by atoms with Crippen molar-refractivity contribution in [1.82, 2.24) is 0 Å². The van der Waals surface area contributed by atoms with E-state index >= 15 is 0 Å². The number of hydrogen-bond acceptors (Lipinski definition) is 7. The van der Waals surface area contributed by atoms with Crippen molar-refractivity contribution in [3.8, 4) is 5.75 Å². The van der Waals surface area contributed by atoms with E-state index in [2.05, 4.69) is 0 Å². The highest BCUT2D eigenvalue weighted by Crippen LogP contribution is 2.24. The van der Waals surface area contributed by atoms with Crippen molar-refractivity contribution in [1.29, 1.82) is 0 Å². The molecular weight excluding hydrogens is 364 g/mol. The Kier molecular flexibility index (Phi) is 11.3. The summed E-state index contributed by atoms with van der Waals surface area (Å²) >= 11 is 0. The quantitative estimate of drug-likeness (QED) is 0.295. The molecule has 0 spiro atoms. The number of nitrogen functional groups attached to an aromatic ring is 1. The van der Waals surface area contributed by atoms with Crippen LogP contribution in [-0.2, 0) is 23.7 Å². The van der Waals surface area contributed by atoms with E-state index in [4.69, 9.17) is 29.4 Å². The highest BCUT2D eigenvalue weighted by Gasteiger charge is 2.11. The topological polar surface area (TPSA) is 89.2 Å². The van der Waals surface area contributed by atoms with Crippen molar-refractivity contribution in [2.75, 3.05) is 58.6 Å². The summed E-state index contributed by atoms with van der Waals surface area (Å²) in [6.07, 6.45) is 0. The molecule has 0 saturated heterocycles. The zero-order chi connectivity index (χ0) is 20.1. The number of nitrogens with two attached hydrogens (primary N) is 1. The van der Waals surface area contributed by atoms with Gasteiger partial charge in [0, 0.05) is 17.8 Å². The maximum Gasteiger partial charge on any atom is 0.332 e. The van der Waals surface area contributed by atoms with E-state index in [1.54, 1.807) is 0 Å². The molecule has 1 rings (SSSR count). The van der Waals surface area contributed by atoms with Crippen LogP contribution in [0.1, 0.15) is 13.8 Å². The summed E-state index contributed by atoms with van der Waals surface area (Å²) in [7, 11) is 0. The second-order valence-corrected chi connectivity index (χ2v) is 6.02. The molecule has 0 heterocycles. The van der Waals surface area contributed by atoms with Gasteiger partial charge in [-0.1, -0.05) is 13.8 Å². The molecule has 0 saturated carbocycles. The van der Waals surface area contributed by atoms with Crippen LogP contribution in [0.25, 0.3) is 0 Å². The van der Waals surface area contributed by atoms with Gasteiger partial charge in [0.1, 0.15) is 13.2 Å². The fraction of sp³-hybridized carbons (Fsp3) is 0.611. The Morgan fingerprint density at radius 3 is 2.04 bits per heavy atom. The number of halogens is 2. The Hall–Kier alpha value is -1.97. The second-order valence-electron chi connectivity index (χ2n) is 6.02. The van der Waals surface area contributed by atoms with E-state index in [1.807, 2.05) is 13.8 Å². The Bertz CT molecular complexity index is 548. The maximum atomic E-state index is 13.5. The molecule has 0 aromatic heterocycles. The molecule has 0 unspecified atom stereocenters. The minimum Gasteiger partial charge on any atom is -0.485 e. The fourth-order valence-electron chi connectivity index (χ4n) is 1.82. The third kappa shape index (κ3) is 10.7. The van der Waals surface area contributed by atoms with E-state index in [1.165, 1.54) is 0 Å². The Morgan fingerprint density at radius 1 is 0.963 bits per heavy atom. The molecule has 27 heavy (non-hydrogen) atoms. The van der Waals surface area contributed by atoms with Crippen LogP contribution < -0.4 is 10.5 Å². The van der Waals surface area contributed by atoms with Gasteiger partial charge in [-0.25, -0.2) is 13.6 Å². The first-order valence-electron chi connectivity index (χ1n) is 8.66. The molecule has 0 fully saturated rings. The second kappa shape index (κ2) is 13.2. The molecule has 1 aromatic rings. The average Bonchev–Trinajstić information content (AvgIpc) is 2.59. The van der Waals surface area contributed by atoms with Gasteiger partial charge in [-0.2, -0.15) is 0 Å². The smallest absolute Gasteiger partial charge is 0.332 e. The molecule has 2 N–H and O–H groups in total. The first kappa shape index (κ1) is 23.1. The predicted molar refractivity (Wildman–Crippen MR) is 94.5 cm³/mol. The number of carbonyl (C=O) groups excluding carboxylic acids is 1. The van der Waals surface area contributed by atoms with Gasteiger partial charge in [0.05, 0.1) is 39.6 Å². The van der Waals surface area contributed by atoms with E-state index in [9.17, 15) is 13.6 Å². The van der Waals surface area contributed by atoms with Crippen molar-refractivity contribution in [2.45, 2.75) is 13.8 Å². The molecule has 9 heteroatoms. The van der Waals surface area contributed by atoms with Gasteiger partial charge in [0.15, 0.2) is 17.4 Å². The summed E-state index contributed by atoms with van der Waals surface area (Å²) in [6.45, 7) is 5.45. The first-order valence-corrected chi connectivity index (χ1v) is 8.66. The number of ether oxygens (including phenoxy) is 5. The fourth-order valence-corrected chi connectivity index (χ4v) is 1.82. The summed E-state index contributed by atoms with van der Waals surface area (Å²) in [5.41, 5.74) is 5.30. The number of benzene rings is 1. The number of rotatable bonds is 14. The predicted octanol–water partition coefficient (Wildman–Crippen LogP) is 2.17. The zero-order valence-electron chi connectivity index (χ0n) is 15.7. The average molecular weight is 391 g/mol. The molecule has 0 atom stereocenters. The van der Waals surface area contributed by atoms with Gasteiger partial charge in [-0.05, 0) is 5.92 Å². The summed E-state index contributed by atoms with van der Waals surface area (Å²) in [5.74, 6) is -2.31. The van der Waals surface area contributed by atoms with Crippen LogP contribution in [0.15, 0.2) is 12.1 Å². The largest absolute Gasteiger partial charge is 0.485 e. The molecule has 0 aliphatic carbocycles. The zero-order valence-corrected chi connectivity index (χ0v) is 15.7. The summed E-state index contributed by atoms with van der Waals surface area (Å²) in [4.78, 5) is 11.3. The summed E-state index contributed by atoms with van der Waals surface area (Å²) in [6, 6.07) is 1.97. The molecular formula is C18H27F2NO6. The minimum absolute atomic E-state index is 0.0119. The number of carbonyl (C=O) groups is 1. The number of hydrogen-bond donors (Lipinski definition) is 1. The summed E-state index contributed by atoms with van der Waals surface area (Å²) < 4.78 is 52.5. The van der Waals surface area contributed by atoms with Gasteiger partial charge in [-0.3, -0.25) is 0 Å². The van der Waals surface area contributed by atoms with Crippen LogP contribution in [0, 0.1) is 17.6 Å². The van der Waals surface area contributed by atoms with E-state index in [0.29, 0.717) is 19.8 Å².